The van der Waals surface area contributed by atoms with Gasteiger partial charge in [0.05, 0.1) is 0 Å². The van der Waals surface area contributed by atoms with E-state index in [1.165, 1.54) is 12.0 Å². The molecular weight excluding hydrogens is 298 g/mol. The number of pyridine rings is 1. The second kappa shape index (κ2) is 6.36. The van der Waals surface area contributed by atoms with Crippen molar-refractivity contribution in [2.24, 2.45) is 5.41 Å². The molecule has 2 fully saturated rings. The van der Waals surface area contributed by atoms with Crippen molar-refractivity contribution in [1.82, 2.24) is 14.8 Å². The number of amides is 1. The zero-order valence-corrected chi connectivity index (χ0v) is 13.9. The van der Waals surface area contributed by atoms with E-state index in [0.29, 0.717) is 0 Å². The van der Waals surface area contributed by atoms with E-state index < -0.39 is 0 Å². The first-order valence-corrected chi connectivity index (χ1v) is 8.70. The number of hydrogen-bond donors (Lipinski definition) is 0. The minimum absolute atomic E-state index is 0.149. The van der Waals surface area contributed by atoms with Crippen LogP contribution in [0.1, 0.15) is 28.8 Å². The topological polar surface area (TPSA) is 36.4 Å². The Morgan fingerprint density at radius 1 is 1.00 bits per heavy atom. The molecule has 0 bridgehead atoms. The van der Waals surface area contributed by atoms with E-state index in [4.69, 9.17) is 0 Å². The molecule has 2 aliphatic rings. The number of rotatable bonds is 3. The van der Waals surface area contributed by atoms with Gasteiger partial charge >= 0.3 is 0 Å². The normalized spacial score (nSPS) is 23.9. The first-order valence-electron chi connectivity index (χ1n) is 8.70. The molecule has 3 heterocycles. The van der Waals surface area contributed by atoms with Crippen LogP contribution in [-0.2, 0) is 6.54 Å². The summed E-state index contributed by atoms with van der Waals surface area (Å²) < 4.78 is 0. The highest BCUT2D eigenvalue weighted by atomic mass is 16.2. The molecule has 1 aromatic carbocycles. The van der Waals surface area contributed by atoms with Crippen molar-refractivity contribution >= 4 is 5.91 Å². The lowest BCUT2D eigenvalue weighted by atomic mass is 9.86. The number of aromatic nitrogens is 1. The third kappa shape index (κ3) is 3.06. The van der Waals surface area contributed by atoms with Gasteiger partial charge in [0.1, 0.15) is 0 Å². The molecule has 4 rings (SSSR count). The largest absolute Gasteiger partial charge is 0.338 e. The van der Waals surface area contributed by atoms with Crippen LogP contribution in [0.5, 0.6) is 0 Å². The summed E-state index contributed by atoms with van der Waals surface area (Å²) in [5.74, 6) is 0.149. The van der Waals surface area contributed by atoms with Crippen LogP contribution in [-0.4, -0.2) is 46.9 Å². The summed E-state index contributed by atoms with van der Waals surface area (Å²) in [6, 6.07) is 14.3. The van der Waals surface area contributed by atoms with Gasteiger partial charge in [-0.2, -0.15) is 0 Å². The third-order valence-electron chi connectivity index (χ3n) is 5.42. The smallest absolute Gasteiger partial charge is 0.253 e. The highest BCUT2D eigenvalue weighted by Crippen LogP contribution is 2.40. The van der Waals surface area contributed by atoms with Gasteiger partial charge in [-0.15, -0.1) is 0 Å². The zero-order chi connectivity index (χ0) is 16.4. The Morgan fingerprint density at radius 3 is 2.54 bits per heavy atom. The van der Waals surface area contributed by atoms with Gasteiger partial charge in [0.15, 0.2) is 0 Å². The van der Waals surface area contributed by atoms with Gasteiger partial charge in [0.2, 0.25) is 0 Å². The van der Waals surface area contributed by atoms with Crippen molar-refractivity contribution < 1.29 is 4.79 Å². The van der Waals surface area contributed by atoms with Gasteiger partial charge in [-0.1, -0.05) is 30.3 Å². The molecule has 0 unspecified atom stereocenters. The highest BCUT2D eigenvalue weighted by Gasteiger charge is 2.44. The van der Waals surface area contributed by atoms with Crippen molar-refractivity contribution in [3.8, 4) is 0 Å². The molecule has 2 saturated heterocycles. The van der Waals surface area contributed by atoms with E-state index >= 15 is 0 Å². The summed E-state index contributed by atoms with van der Waals surface area (Å²) in [4.78, 5) is 21.2. The summed E-state index contributed by atoms with van der Waals surface area (Å²) in [5, 5.41) is 0. The van der Waals surface area contributed by atoms with E-state index in [1.807, 2.05) is 17.0 Å². The lowest BCUT2D eigenvalue weighted by Gasteiger charge is -2.25. The molecule has 4 heteroatoms. The Kier molecular flexibility index (Phi) is 4.07. The van der Waals surface area contributed by atoms with Crippen LogP contribution in [0.2, 0.25) is 0 Å². The standard InChI is InChI=1S/C20H23N3O/c24-19(18-6-10-21-11-7-18)23-13-9-20(16-23)8-12-22(15-20)14-17-4-2-1-3-5-17/h1-7,10-11H,8-9,12-16H2/t20-/m1/s1. The maximum absolute atomic E-state index is 12.6. The molecule has 0 N–H and O–H groups in total. The second-order valence-electron chi connectivity index (χ2n) is 7.16. The van der Waals surface area contributed by atoms with Crippen molar-refractivity contribution in [3.63, 3.8) is 0 Å². The predicted octanol–water partition coefficient (Wildman–Crippen LogP) is 2.82. The van der Waals surface area contributed by atoms with Crippen molar-refractivity contribution in [2.45, 2.75) is 19.4 Å². The van der Waals surface area contributed by atoms with Crippen LogP contribution in [0.25, 0.3) is 0 Å². The Balaban J connectivity index is 1.39. The molecule has 0 aliphatic carbocycles. The van der Waals surface area contributed by atoms with Crippen LogP contribution in [0.15, 0.2) is 54.9 Å². The monoisotopic (exact) mass is 321 g/mol. The number of nitrogens with zero attached hydrogens (tertiary/aromatic N) is 3. The first kappa shape index (κ1) is 15.3. The maximum atomic E-state index is 12.6. The molecule has 1 atom stereocenters. The minimum atomic E-state index is 0.149. The summed E-state index contributed by atoms with van der Waals surface area (Å²) in [7, 11) is 0. The third-order valence-corrected chi connectivity index (χ3v) is 5.42. The summed E-state index contributed by atoms with van der Waals surface area (Å²) in [6.45, 7) is 5.01. The van der Waals surface area contributed by atoms with Gasteiger partial charge in [0, 0.05) is 49.6 Å². The molecule has 1 amide bonds. The predicted molar refractivity (Wildman–Crippen MR) is 93.5 cm³/mol. The molecule has 4 nitrogen and oxygen atoms in total. The number of likely N-dealkylation sites (tertiary alicyclic amines) is 2. The first-order chi connectivity index (χ1) is 11.7. The van der Waals surface area contributed by atoms with Crippen molar-refractivity contribution in [2.75, 3.05) is 26.2 Å². The quantitative estimate of drug-likeness (QED) is 0.872. The van der Waals surface area contributed by atoms with Gasteiger partial charge < -0.3 is 4.90 Å². The van der Waals surface area contributed by atoms with Gasteiger partial charge in [-0.3, -0.25) is 14.7 Å². The average molecular weight is 321 g/mol. The number of carbonyl (C=O) groups excluding carboxylic acids is 1. The Bertz CT molecular complexity index is 703. The molecule has 24 heavy (non-hydrogen) atoms. The fourth-order valence-electron chi connectivity index (χ4n) is 4.12. The SMILES string of the molecule is O=C(c1ccncc1)N1CC[C@@]2(CCN(Cc3ccccc3)C2)C1. The maximum Gasteiger partial charge on any atom is 0.253 e. The molecular formula is C20H23N3O. The molecule has 2 aromatic rings. The van der Waals surface area contributed by atoms with Crippen LogP contribution >= 0.6 is 0 Å². The van der Waals surface area contributed by atoms with E-state index in [1.54, 1.807) is 12.4 Å². The lowest BCUT2D eigenvalue weighted by molar-refractivity contribution is 0.0773. The van der Waals surface area contributed by atoms with E-state index in [2.05, 4.69) is 40.2 Å². The number of hydrogen-bond acceptors (Lipinski definition) is 3. The molecule has 1 spiro atoms. The fourth-order valence-corrected chi connectivity index (χ4v) is 4.12. The van der Waals surface area contributed by atoms with Crippen LogP contribution in [0, 0.1) is 5.41 Å². The number of carbonyl (C=O) groups is 1. The van der Waals surface area contributed by atoms with Crippen molar-refractivity contribution in [1.29, 1.82) is 0 Å². The van der Waals surface area contributed by atoms with E-state index in [-0.39, 0.29) is 11.3 Å². The van der Waals surface area contributed by atoms with Crippen LogP contribution < -0.4 is 0 Å². The van der Waals surface area contributed by atoms with Gasteiger partial charge in [0.25, 0.3) is 5.91 Å². The van der Waals surface area contributed by atoms with Crippen LogP contribution in [0.4, 0.5) is 0 Å². The zero-order valence-electron chi connectivity index (χ0n) is 13.9. The highest BCUT2D eigenvalue weighted by molar-refractivity contribution is 5.94. The molecule has 2 aliphatic heterocycles. The van der Waals surface area contributed by atoms with E-state index in [9.17, 15) is 4.79 Å². The van der Waals surface area contributed by atoms with Gasteiger partial charge in [-0.25, -0.2) is 0 Å². The van der Waals surface area contributed by atoms with Gasteiger partial charge in [-0.05, 0) is 37.1 Å². The second-order valence-corrected chi connectivity index (χ2v) is 7.16. The average Bonchev–Trinajstić information content (AvgIpc) is 3.23. The Morgan fingerprint density at radius 2 is 1.75 bits per heavy atom. The Hall–Kier alpha value is -2.20. The van der Waals surface area contributed by atoms with Crippen LogP contribution in [0.3, 0.4) is 0 Å². The summed E-state index contributed by atoms with van der Waals surface area (Å²) >= 11 is 0. The number of benzene rings is 1. The minimum Gasteiger partial charge on any atom is -0.338 e. The molecule has 0 saturated carbocycles. The van der Waals surface area contributed by atoms with Crippen molar-refractivity contribution in [3.05, 3.63) is 66.0 Å². The molecule has 124 valence electrons. The summed E-state index contributed by atoms with van der Waals surface area (Å²) in [5.41, 5.74) is 2.41. The Labute approximate surface area is 143 Å². The summed E-state index contributed by atoms with van der Waals surface area (Å²) in [6.07, 6.45) is 5.70. The molecule has 0 radical (unpaired) electrons. The lowest BCUT2D eigenvalue weighted by Crippen LogP contribution is -2.34. The molecule has 1 aromatic heterocycles. The fraction of sp³-hybridized carbons (Fsp3) is 0.400. The van der Waals surface area contributed by atoms with E-state index in [0.717, 1.165) is 44.7 Å².